The maximum atomic E-state index is 13.4. The molecule has 1 aliphatic carbocycles. The highest BCUT2D eigenvalue weighted by Crippen LogP contribution is 2.58. The topological polar surface area (TPSA) is 82.4 Å². The molecule has 8 nitrogen and oxygen atoms in total. The lowest BCUT2D eigenvalue weighted by Crippen LogP contribution is -2.33. The van der Waals surface area contributed by atoms with E-state index in [1.165, 1.54) is 19.5 Å². The van der Waals surface area contributed by atoms with Gasteiger partial charge in [-0.25, -0.2) is 9.97 Å². The number of ether oxygens (including phenoxy) is 2. The molecule has 3 aromatic rings. The first-order chi connectivity index (χ1) is 16.2. The van der Waals surface area contributed by atoms with Crippen LogP contribution in [0.4, 0.5) is 18.9 Å². The minimum Gasteiger partial charge on any atom is -0.491 e. The predicted molar refractivity (Wildman–Crippen MR) is 116 cm³/mol. The van der Waals surface area contributed by atoms with Crippen molar-refractivity contribution in [3.8, 4) is 22.9 Å². The second-order valence-corrected chi connectivity index (χ2v) is 8.40. The molecule has 1 saturated carbocycles. The number of rotatable bonds is 6. The van der Waals surface area contributed by atoms with Crippen LogP contribution >= 0.6 is 0 Å². The molecule has 11 heteroatoms. The van der Waals surface area contributed by atoms with E-state index in [4.69, 9.17) is 14.5 Å². The molecule has 0 radical (unpaired) electrons. The van der Waals surface area contributed by atoms with E-state index in [1.807, 2.05) is 13.8 Å². The number of carbonyl (C=O) groups is 1. The SMILES string of the molecule is CCOc1ncc(-c2cc(C)c3c(n2)C2(CC2)N(c2cnn(CC(F)(F)F)c2)C3=O)cc1OC. The highest BCUT2D eigenvalue weighted by atomic mass is 19.4. The molecule has 3 aromatic heterocycles. The van der Waals surface area contributed by atoms with Gasteiger partial charge in [0.15, 0.2) is 5.75 Å². The molecule has 1 spiro atoms. The van der Waals surface area contributed by atoms with Gasteiger partial charge in [-0.05, 0) is 44.4 Å². The first kappa shape index (κ1) is 22.2. The fourth-order valence-corrected chi connectivity index (χ4v) is 4.48. The van der Waals surface area contributed by atoms with Gasteiger partial charge in [0.25, 0.3) is 11.8 Å². The fourth-order valence-electron chi connectivity index (χ4n) is 4.48. The minimum absolute atomic E-state index is 0.280. The van der Waals surface area contributed by atoms with Gasteiger partial charge in [-0.3, -0.25) is 14.4 Å². The summed E-state index contributed by atoms with van der Waals surface area (Å²) in [4.78, 5) is 24.1. The Balaban J connectivity index is 1.54. The second-order valence-electron chi connectivity index (χ2n) is 8.40. The molecule has 178 valence electrons. The summed E-state index contributed by atoms with van der Waals surface area (Å²) in [6.45, 7) is 2.90. The van der Waals surface area contributed by atoms with Gasteiger partial charge in [-0.15, -0.1) is 0 Å². The van der Waals surface area contributed by atoms with Crippen LogP contribution in [0.15, 0.2) is 30.7 Å². The van der Waals surface area contributed by atoms with Gasteiger partial charge < -0.3 is 9.47 Å². The van der Waals surface area contributed by atoms with E-state index < -0.39 is 18.3 Å². The minimum atomic E-state index is -4.40. The first-order valence-electron chi connectivity index (χ1n) is 10.8. The number of halogens is 3. The molecular formula is C23H22F3N5O3. The van der Waals surface area contributed by atoms with Crippen molar-refractivity contribution in [3.63, 3.8) is 0 Å². The molecule has 1 amide bonds. The quantitative estimate of drug-likeness (QED) is 0.532. The van der Waals surface area contributed by atoms with E-state index in [1.54, 1.807) is 23.2 Å². The van der Waals surface area contributed by atoms with Crippen molar-refractivity contribution in [2.75, 3.05) is 18.6 Å². The zero-order valence-electron chi connectivity index (χ0n) is 18.8. The number of amides is 1. The lowest BCUT2D eigenvalue weighted by molar-refractivity contribution is -0.142. The number of nitrogens with zero attached hydrogens (tertiary/aromatic N) is 5. The van der Waals surface area contributed by atoms with Gasteiger partial charge in [0.2, 0.25) is 0 Å². The Bertz CT molecular complexity index is 1280. The normalized spacial score (nSPS) is 16.2. The largest absolute Gasteiger partial charge is 0.491 e. The Labute approximate surface area is 193 Å². The van der Waals surface area contributed by atoms with Crippen LogP contribution in [-0.4, -0.2) is 45.5 Å². The molecule has 0 N–H and O–H groups in total. The Kier molecular flexibility index (Phi) is 5.03. The van der Waals surface area contributed by atoms with Gasteiger partial charge in [-0.1, -0.05) is 0 Å². The summed E-state index contributed by atoms with van der Waals surface area (Å²) in [5.74, 6) is 0.566. The maximum absolute atomic E-state index is 13.4. The monoisotopic (exact) mass is 473 g/mol. The molecular weight excluding hydrogens is 451 g/mol. The predicted octanol–water partition coefficient (Wildman–Crippen LogP) is 4.27. The standard InChI is InChI=1S/C23H22F3N5O3/c1-4-34-20-17(33-3)8-14(9-27-20)16-7-13(2)18-19(29-16)22(5-6-22)31(21(18)32)15-10-28-30(11-15)12-23(24,25)26/h7-11H,4-6,12H2,1-3H3. The zero-order chi connectivity index (χ0) is 24.3. The highest BCUT2D eigenvalue weighted by Gasteiger charge is 2.60. The van der Waals surface area contributed by atoms with Gasteiger partial charge in [0.1, 0.15) is 6.54 Å². The molecule has 1 aliphatic heterocycles. The summed E-state index contributed by atoms with van der Waals surface area (Å²) in [6, 6.07) is 3.58. The number of methoxy groups -OCH3 is 1. The van der Waals surface area contributed by atoms with Crippen LogP contribution in [0, 0.1) is 6.92 Å². The molecule has 34 heavy (non-hydrogen) atoms. The van der Waals surface area contributed by atoms with Crippen LogP contribution in [0.25, 0.3) is 11.3 Å². The number of aryl methyl sites for hydroxylation is 1. The Morgan fingerprint density at radius 1 is 1.21 bits per heavy atom. The number of fused-ring (bicyclic) bond motifs is 2. The van der Waals surface area contributed by atoms with Crippen LogP contribution in [-0.2, 0) is 12.1 Å². The van der Waals surface area contributed by atoms with Crippen molar-refractivity contribution in [2.45, 2.75) is 44.9 Å². The summed E-state index contributed by atoms with van der Waals surface area (Å²) in [6.07, 6.45) is 1.12. The number of aromatic nitrogens is 4. The number of hydrogen-bond acceptors (Lipinski definition) is 6. The third-order valence-corrected chi connectivity index (χ3v) is 6.06. The first-order valence-corrected chi connectivity index (χ1v) is 10.8. The van der Waals surface area contributed by atoms with Crippen molar-refractivity contribution in [3.05, 3.63) is 47.5 Å². The molecule has 4 heterocycles. The highest BCUT2D eigenvalue weighted by molar-refractivity contribution is 6.13. The Hall–Kier alpha value is -3.63. The van der Waals surface area contributed by atoms with E-state index in [-0.39, 0.29) is 5.91 Å². The number of carbonyl (C=O) groups excluding carboxylic acids is 1. The summed E-state index contributed by atoms with van der Waals surface area (Å²) in [5, 5.41) is 3.82. The van der Waals surface area contributed by atoms with Crippen molar-refractivity contribution < 1.29 is 27.4 Å². The van der Waals surface area contributed by atoms with E-state index in [9.17, 15) is 18.0 Å². The molecule has 0 atom stereocenters. The molecule has 0 saturated heterocycles. The molecule has 0 unspecified atom stereocenters. The van der Waals surface area contributed by atoms with Crippen molar-refractivity contribution in [2.24, 2.45) is 0 Å². The Morgan fingerprint density at radius 3 is 2.62 bits per heavy atom. The Morgan fingerprint density at radius 2 is 1.97 bits per heavy atom. The summed E-state index contributed by atoms with van der Waals surface area (Å²) >= 11 is 0. The average Bonchev–Trinajstić information content (AvgIpc) is 3.38. The van der Waals surface area contributed by atoms with Gasteiger partial charge in [0.05, 0.1) is 48.1 Å². The smallest absolute Gasteiger partial charge is 0.408 e. The third-order valence-electron chi connectivity index (χ3n) is 6.06. The van der Waals surface area contributed by atoms with Gasteiger partial charge >= 0.3 is 6.18 Å². The summed E-state index contributed by atoms with van der Waals surface area (Å²) < 4.78 is 50.1. The number of pyridine rings is 2. The third kappa shape index (κ3) is 3.55. The van der Waals surface area contributed by atoms with Gasteiger partial charge in [-0.2, -0.15) is 18.3 Å². The molecule has 1 fully saturated rings. The molecule has 5 rings (SSSR count). The fraction of sp³-hybridized carbons (Fsp3) is 0.391. The van der Waals surface area contributed by atoms with Crippen LogP contribution in [0.3, 0.4) is 0 Å². The van der Waals surface area contributed by atoms with Crippen molar-refractivity contribution in [1.29, 1.82) is 0 Å². The van der Waals surface area contributed by atoms with Crippen LogP contribution in [0.5, 0.6) is 11.6 Å². The lowest BCUT2D eigenvalue weighted by Gasteiger charge is -2.22. The number of alkyl halides is 3. The average molecular weight is 473 g/mol. The number of anilines is 1. The second kappa shape index (κ2) is 7.71. The van der Waals surface area contributed by atoms with Crippen LogP contribution in [0.1, 0.15) is 41.4 Å². The number of hydrogen-bond donors (Lipinski definition) is 0. The van der Waals surface area contributed by atoms with Gasteiger partial charge in [0, 0.05) is 18.0 Å². The molecule has 2 aliphatic rings. The maximum Gasteiger partial charge on any atom is 0.408 e. The molecule has 0 bridgehead atoms. The summed E-state index contributed by atoms with van der Waals surface area (Å²) in [7, 11) is 1.53. The van der Waals surface area contributed by atoms with E-state index >= 15 is 0 Å². The lowest BCUT2D eigenvalue weighted by atomic mass is 10.0. The van der Waals surface area contributed by atoms with E-state index in [0.29, 0.717) is 59.3 Å². The van der Waals surface area contributed by atoms with E-state index in [2.05, 4.69) is 10.1 Å². The van der Waals surface area contributed by atoms with Crippen LogP contribution in [0.2, 0.25) is 0 Å². The van der Waals surface area contributed by atoms with Crippen molar-refractivity contribution in [1.82, 2.24) is 19.7 Å². The molecule has 0 aromatic carbocycles. The van der Waals surface area contributed by atoms with Crippen LogP contribution < -0.4 is 14.4 Å². The zero-order valence-corrected chi connectivity index (χ0v) is 18.8. The van der Waals surface area contributed by atoms with E-state index in [0.717, 1.165) is 10.2 Å². The summed E-state index contributed by atoms with van der Waals surface area (Å²) in [5.41, 5.74) is 2.82. The van der Waals surface area contributed by atoms with Crippen molar-refractivity contribution >= 4 is 11.6 Å².